The Kier molecular flexibility index (Phi) is 5.42. The van der Waals surface area contributed by atoms with Crippen molar-refractivity contribution in [3.8, 4) is 0 Å². The minimum Gasteiger partial charge on any atom is -0.342 e. The van der Waals surface area contributed by atoms with Crippen molar-refractivity contribution in [3.63, 3.8) is 0 Å². The van der Waals surface area contributed by atoms with Gasteiger partial charge in [0.05, 0.1) is 0 Å². The molecule has 6 rings (SSSR count). The number of hydrogen-bond donors (Lipinski definition) is 0. The number of fused-ring (bicyclic) bond motifs is 5. The number of rotatable bonds is 3. The SMILES string of the molecule is CC1CCC2C(CCC3C2CCC2(C)C(CN4C[C@H](c5ccccc5)CC4=O)CCC32)C1. The van der Waals surface area contributed by atoms with Crippen LogP contribution >= 0.6 is 0 Å². The number of nitrogens with zero attached hydrogens (tertiary/aromatic N) is 1. The van der Waals surface area contributed by atoms with Gasteiger partial charge in [-0.05, 0) is 104 Å². The Bertz CT molecular complexity index is 834. The molecule has 1 amide bonds. The van der Waals surface area contributed by atoms with Crippen molar-refractivity contribution in [2.24, 2.45) is 46.8 Å². The normalized spacial score (nSPS) is 45.9. The monoisotopic (exact) mass is 433 g/mol. The van der Waals surface area contributed by atoms with Gasteiger partial charge in [0.25, 0.3) is 0 Å². The zero-order valence-corrected chi connectivity index (χ0v) is 20.3. The lowest BCUT2D eigenvalue weighted by Crippen LogP contribution is -2.49. The summed E-state index contributed by atoms with van der Waals surface area (Å²) in [5.74, 6) is 7.50. The molecular weight excluding hydrogens is 390 g/mol. The predicted octanol–water partition coefficient (Wildman–Crippen LogP) is 6.91. The van der Waals surface area contributed by atoms with Gasteiger partial charge in [0.2, 0.25) is 5.91 Å². The molecule has 1 aromatic rings. The molecule has 8 unspecified atom stereocenters. The average Bonchev–Trinajstić information content (AvgIpc) is 3.34. The average molecular weight is 434 g/mol. The molecule has 0 bridgehead atoms. The van der Waals surface area contributed by atoms with Gasteiger partial charge in [-0.25, -0.2) is 0 Å². The lowest BCUT2D eigenvalue weighted by atomic mass is 9.49. The maximum Gasteiger partial charge on any atom is 0.223 e. The van der Waals surface area contributed by atoms with E-state index in [-0.39, 0.29) is 0 Å². The molecule has 1 aliphatic heterocycles. The van der Waals surface area contributed by atoms with Gasteiger partial charge in [0, 0.05) is 25.4 Å². The Balaban J connectivity index is 1.14. The van der Waals surface area contributed by atoms with Crippen LogP contribution in [0.3, 0.4) is 0 Å². The van der Waals surface area contributed by atoms with Crippen molar-refractivity contribution in [1.29, 1.82) is 0 Å². The van der Waals surface area contributed by atoms with E-state index in [2.05, 4.69) is 49.1 Å². The van der Waals surface area contributed by atoms with Crippen LogP contribution in [0.1, 0.15) is 89.5 Å². The number of carbonyl (C=O) groups is 1. The molecule has 32 heavy (non-hydrogen) atoms. The fourth-order valence-corrected chi connectivity index (χ4v) is 9.66. The number of carbonyl (C=O) groups excluding carboxylic acids is 1. The van der Waals surface area contributed by atoms with Gasteiger partial charge in [-0.1, -0.05) is 50.6 Å². The lowest BCUT2D eigenvalue weighted by Gasteiger charge is -2.56. The number of hydrogen-bond acceptors (Lipinski definition) is 1. The van der Waals surface area contributed by atoms with E-state index in [1.807, 2.05) is 0 Å². The first-order chi connectivity index (χ1) is 15.5. The number of benzene rings is 1. The van der Waals surface area contributed by atoms with Crippen LogP contribution in [0.5, 0.6) is 0 Å². The molecule has 0 N–H and O–H groups in total. The zero-order chi connectivity index (χ0) is 21.9. The number of likely N-dealkylation sites (tertiary alicyclic amines) is 1. The fraction of sp³-hybridized carbons (Fsp3) is 0.767. The van der Waals surface area contributed by atoms with Crippen LogP contribution in [0.25, 0.3) is 0 Å². The lowest BCUT2D eigenvalue weighted by molar-refractivity contribution is -0.129. The molecule has 0 aromatic heterocycles. The standard InChI is InChI=1S/C30H43NO/c1-20-8-11-25-22(16-20)9-12-27-26(25)14-15-30(2)24(10-13-28(27)30)19-31-18-23(17-29(31)32)21-6-4-3-5-7-21/h3-7,20,22-28H,8-19H2,1-2H3/t20?,22?,23-,24?,25?,26?,27?,28?,30?/m1/s1. The van der Waals surface area contributed by atoms with Crippen LogP contribution in [-0.2, 0) is 4.79 Å². The third-order valence-corrected chi connectivity index (χ3v) is 11.3. The van der Waals surface area contributed by atoms with E-state index in [9.17, 15) is 4.79 Å². The second kappa shape index (κ2) is 8.17. The topological polar surface area (TPSA) is 20.3 Å². The predicted molar refractivity (Wildman–Crippen MR) is 130 cm³/mol. The maximum atomic E-state index is 12.9. The van der Waals surface area contributed by atoms with Crippen molar-refractivity contribution in [1.82, 2.24) is 4.90 Å². The summed E-state index contributed by atoms with van der Waals surface area (Å²) in [5.41, 5.74) is 1.82. The van der Waals surface area contributed by atoms with Crippen molar-refractivity contribution < 1.29 is 4.79 Å². The maximum absolute atomic E-state index is 12.9. The summed E-state index contributed by atoms with van der Waals surface area (Å²) in [5, 5.41) is 0. The number of amides is 1. The summed E-state index contributed by atoms with van der Waals surface area (Å²) in [4.78, 5) is 15.2. The Morgan fingerprint density at radius 3 is 2.59 bits per heavy atom. The van der Waals surface area contributed by atoms with Crippen LogP contribution < -0.4 is 0 Å². The van der Waals surface area contributed by atoms with Crippen LogP contribution in [0.4, 0.5) is 0 Å². The second-order valence-corrected chi connectivity index (χ2v) is 12.8. The van der Waals surface area contributed by atoms with Crippen LogP contribution in [0.2, 0.25) is 0 Å². The minimum atomic E-state index is 0.397. The van der Waals surface area contributed by atoms with Gasteiger partial charge in [-0.15, -0.1) is 0 Å². The summed E-state index contributed by atoms with van der Waals surface area (Å²) < 4.78 is 0. The zero-order valence-electron chi connectivity index (χ0n) is 20.3. The third kappa shape index (κ3) is 3.46. The molecule has 0 spiro atoms. The van der Waals surface area contributed by atoms with Gasteiger partial charge in [0.1, 0.15) is 0 Å². The Hall–Kier alpha value is -1.31. The van der Waals surface area contributed by atoms with Gasteiger partial charge >= 0.3 is 0 Å². The van der Waals surface area contributed by atoms with Crippen molar-refractivity contribution in [2.75, 3.05) is 13.1 Å². The molecule has 4 saturated carbocycles. The van der Waals surface area contributed by atoms with E-state index < -0.39 is 0 Å². The summed E-state index contributed by atoms with van der Waals surface area (Å²) in [6.07, 6.45) is 13.9. The van der Waals surface area contributed by atoms with E-state index >= 15 is 0 Å². The van der Waals surface area contributed by atoms with Gasteiger partial charge < -0.3 is 4.90 Å². The smallest absolute Gasteiger partial charge is 0.223 e. The van der Waals surface area contributed by atoms with Crippen LogP contribution in [0, 0.1) is 46.8 Å². The summed E-state index contributed by atoms with van der Waals surface area (Å²) >= 11 is 0. The molecule has 9 atom stereocenters. The van der Waals surface area contributed by atoms with E-state index in [1.54, 1.807) is 0 Å². The summed E-state index contributed by atoms with van der Waals surface area (Å²) in [6.45, 7) is 7.09. The van der Waals surface area contributed by atoms with E-state index in [1.165, 1.54) is 63.4 Å². The van der Waals surface area contributed by atoms with Crippen molar-refractivity contribution >= 4 is 5.91 Å². The molecule has 5 fully saturated rings. The highest BCUT2D eigenvalue weighted by molar-refractivity contribution is 5.79. The van der Waals surface area contributed by atoms with Gasteiger partial charge in [-0.3, -0.25) is 4.79 Å². The molecule has 1 aromatic carbocycles. The van der Waals surface area contributed by atoms with Gasteiger partial charge in [-0.2, -0.15) is 0 Å². The first-order valence-electron chi connectivity index (χ1n) is 13.9. The molecule has 5 aliphatic rings. The quantitative estimate of drug-likeness (QED) is 0.507. The summed E-state index contributed by atoms with van der Waals surface area (Å²) in [6, 6.07) is 10.7. The van der Waals surface area contributed by atoms with Crippen molar-refractivity contribution in [2.45, 2.75) is 84.0 Å². The molecule has 0 radical (unpaired) electrons. The first kappa shape index (κ1) is 21.2. The Labute approximate surface area is 195 Å². The minimum absolute atomic E-state index is 0.397. The van der Waals surface area contributed by atoms with Crippen LogP contribution in [0.15, 0.2) is 30.3 Å². The third-order valence-electron chi connectivity index (χ3n) is 11.3. The largest absolute Gasteiger partial charge is 0.342 e. The molecule has 1 heterocycles. The first-order valence-corrected chi connectivity index (χ1v) is 13.9. The van der Waals surface area contributed by atoms with Gasteiger partial charge in [0.15, 0.2) is 0 Å². The highest BCUT2D eigenvalue weighted by Crippen LogP contribution is 2.64. The fourth-order valence-electron chi connectivity index (χ4n) is 9.66. The molecular formula is C30H43NO. The van der Waals surface area contributed by atoms with E-state index in [0.717, 1.165) is 54.5 Å². The molecule has 174 valence electrons. The molecule has 1 saturated heterocycles. The van der Waals surface area contributed by atoms with E-state index in [0.29, 0.717) is 23.7 Å². The van der Waals surface area contributed by atoms with Crippen LogP contribution in [-0.4, -0.2) is 23.9 Å². The highest BCUT2D eigenvalue weighted by atomic mass is 16.2. The molecule has 2 nitrogen and oxygen atoms in total. The Morgan fingerprint density at radius 2 is 1.75 bits per heavy atom. The second-order valence-electron chi connectivity index (χ2n) is 12.8. The molecule has 4 aliphatic carbocycles. The molecule has 2 heteroatoms. The van der Waals surface area contributed by atoms with Crippen molar-refractivity contribution in [3.05, 3.63) is 35.9 Å². The van der Waals surface area contributed by atoms with E-state index in [4.69, 9.17) is 0 Å². The Morgan fingerprint density at radius 1 is 0.938 bits per heavy atom. The summed E-state index contributed by atoms with van der Waals surface area (Å²) in [7, 11) is 0. The highest BCUT2D eigenvalue weighted by Gasteiger charge is 2.57.